The van der Waals surface area contributed by atoms with Crippen LogP contribution in [0.5, 0.6) is 11.5 Å². The summed E-state index contributed by atoms with van der Waals surface area (Å²) in [6.45, 7) is 0.592. The summed E-state index contributed by atoms with van der Waals surface area (Å²) in [4.78, 5) is 4.22. The quantitative estimate of drug-likeness (QED) is 0.874. The molecule has 0 atom stereocenters. The van der Waals surface area contributed by atoms with E-state index in [0.717, 1.165) is 10.0 Å². The molecule has 4 nitrogen and oxygen atoms in total. The van der Waals surface area contributed by atoms with E-state index in [-0.39, 0.29) is 0 Å². The Morgan fingerprint density at radius 1 is 1.20 bits per heavy atom. The van der Waals surface area contributed by atoms with E-state index in [1.54, 1.807) is 26.5 Å². The zero-order valence-corrected chi connectivity index (χ0v) is 13.5. The molecule has 6 heteroatoms. The number of nitrogens with zero attached hydrogens (tertiary/aromatic N) is 1. The molecule has 2 rings (SSSR count). The third-order valence-corrected chi connectivity index (χ3v) is 3.44. The Hall–Kier alpha value is -1.46. The predicted octanol–water partition coefficient (Wildman–Crippen LogP) is 4.13. The first-order valence-electron chi connectivity index (χ1n) is 5.90. The van der Waals surface area contributed by atoms with Gasteiger partial charge in [-0.15, -0.1) is 0 Å². The number of pyridine rings is 1. The molecule has 0 aliphatic heterocycles. The van der Waals surface area contributed by atoms with Crippen LogP contribution in [0.25, 0.3) is 0 Å². The van der Waals surface area contributed by atoms with Gasteiger partial charge in [0.15, 0.2) is 11.5 Å². The number of rotatable bonds is 5. The van der Waals surface area contributed by atoms with Crippen LogP contribution in [0.3, 0.4) is 0 Å². The molecule has 0 radical (unpaired) electrons. The number of halogens is 2. The third-order valence-electron chi connectivity index (χ3n) is 2.72. The van der Waals surface area contributed by atoms with Gasteiger partial charge < -0.3 is 14.8 Å². The Morgan fingerprint density at radius 2 is 1.95 bits per heavy atom. The lowest BCUT2D eigenvalue weighted by Gasteiger charge is -2.11. The van der Waals surface area contributed by atoms with Gasteiger partial charge in [-0.3, -0.25) is 0 Å². The number of anilines is 1. The van der Waals surface area contributed by atoms with Gasteiger partial charge in [-0.05, 0) is 39.7 Å². The number of benzene rings is 1. The molecular formula is C14H14BrClN2O2. The molecule has 0 aliphatic carbocycles. The van der Waals surface area contributed by atoms with Gasteiger partial charge in [0.2, 0.25) is 0 Å². The molecule has 1 aromatic heterocycles. The number of ether oxygens (including phenoxy) is 2. The maximum absolute atomic E-state index is 6.10. The molecule has 0 saturated heterocycles. The van der Waals surface area contributed by atoms with Crippen LogP contribution in [0.15, 0.2) is 34.9 Å². The summed E-state index contributed by atoms with van der Waals surface area (Å²) >= 11 is 9.42. The van der Waals surface area contributed by atoms with E-state index < -0.39 is 0 Å². The van der Waals surface area contributed by atoms with Gasteiger partial charge in [0.25, 0.3) is 0 Å². The van der Waals surface area contributed by atoms with Crippen LogP contribution in [0.1, 0.15) is 5.56 Å². The summed E-state index contributed by atoms with van der Waals surface area (Å²) in [5.41, 5.74) is 1.04. The minimum atomic E-state index is 0.569. The minimum Gasteiger partial charge on any atom is -0.493 e. The summed E-state index contributed by atoms with van der Waals surface area (Å²) in [6.07, 6.45) is 1.70. The molecule has 0 amide bonds. The normalized spacial score (nSPS) is 10.2. The van der Waals surface area contributed by atoms with E-state index >= 15 is 0 Å². The van der Waals surface area contributed by atoms with Crippen molar-refractivity contribution < 1.29 is 9.47 Å². The second-order valence-corrected chi connectivity index (χ2v) is 5.35. The van der Waals surface area contributed by atoms with Crippen molar-refractivity contribution in [1.82, 2.24) is 4.98 Å². The number of aromatic nitrogens is 1. The SMILES string of the molecule is COc1ccc(CNc2ncc(Br)cc2Cl)cc1OC. The zero-order chi connectivity index (χ0) is 14.5. The molecule has 0 unspecified atom stereocenters. The lowest BCUT2D eigenvalue weighted by Crippen LogP contribution is -2.02. The van der Waals surface area contributed by atoms with Crippen molar-refractivity contribution in [3.8, 4) is 11.5 Å². The van der Waals surface area contributed by atoms with E-state index in [0.29, 0.717) is 28.9 Å². The molecular weight excluding hydrogens is 344 g/mol. The van der Waals surface area contributed by atoms with E-state index in [4.69, 9.17) is 21.1 Å². The van der Waals surface area contributed by atoms with Crippen LogP contribution >= 0.6 is 27.5 Å². The number of hydrogen-bond acceptors (Lipinski definition) is 4. The number of hydrogen-bond donors (Lipinski definition) is 1. The summed E-state index contributed by atoms with van der Waals surface area (Å²) < 4.78 is 11.3. The van der Waals surface area contributed by atoms with Crippen molar-refractivity contribution in [3.05, 3.63) is 45.5 Å². The van der Waals surface area contributed by atoms with Crippen molar-refractivity contribution in [2.75, 3.05) is 19.5 Å². The van der Waals surface area contributed by atoms with Crippen molar-refractivity contribution in [3.63, 3.8) is 0 Å². The van der Waals surface area contributed by atoms with Crippen molar-refractivity contribution in [2.45, 2.75) is 6.54 Å². The molecule has 106 valence electrons. The van der Waals surface area contributed by atoms with Crippen LogP contribution in [-0.4, -0.2) is 19.2 Å². The number of nitrogens with one attached hydrogen (secondary N) is 1. The van der Waals surface area contributed by atoms with E-state index in [1.807, 2.05) is 18.2 Å². The summed E-state index contributed by atoms with van der Waals surface area (Å²) in [5.74, 6) is 2.04. The van der Waals surface area contributed by atoms with Crippen LogP contribution in [0, 0.1) is 0 Å². The van der Waals surface area contributed by atoms with E-state index in [9.17, 15) is 0 Å². The fraction of sp³-hybridized carbons (Fsp3) is 0.214. The average Bonchev–Trinajstić information content (AvgIpc) is 2.46. The zero-order valence-electron chi connectivity index (χ0n) is 11.1. The maximum Gasteiger partial charge on any atom is 0.161 e. The van der Waals surface area contributed by atoms with Crippen molar-refractivity contribution >= 4 is 33.3 Å². The highest BCUT2D eigenvalue weighted by atomic mass is 79.9. The summed E-state index contributed by atoms with van der Waals surface area (Å²) in [5, 5.41) is 3.75. The van der Waals surface area contributed by atoms with Gasteiger partial charge >= 0.3 is 0 Å². The predicted molar refractivity (Wildman–Crippen MR) is 83.8 cm³/mol. The molecule has 0 bridgehead atoms. The molecule has 1 N–H and O–H groups in total. The highest BCUT2D eigenvalue weighted by molar-refractivity contribution is 9.10. The third kappa shape index (κ3) is 3.55. The smallest absolute Gasteiger partial charge is 0.161 e. The Balaban J connectivity index is 2.10. The Labute approximate surface area is 131 Å². The largest absolute Gasteiger partial charge is 0.493 e. The van der Waals surface area contributed by atoms with E-state index in [1.165, 1.54) is 0 Å². The topological polar surface area (TPSA) is 43.4 Å². The summed E-state index contributed by atoms with van der Waals surface area (Å²) in [6, 6.07) is 7.54. The van der Waals surface area contributed by atoms with Gasteiger partial charge in [0.1, 0.15) is 5.82 Å². The first-order chi connectivity index (χ1) is 9.63. The van der Waals surface area contributed by atoms with Gasteiger partial charge in [0.05, 0.1) is 19.2 Å². The Morgan fingerprint density at radius 3 is 2.60 bits per heavy atom. The average molecular weight is 358 g/mol. The molecule has 20 heavy (non-hydrogen) atoms. The molecule has 1 aromatic carbocycles. The first kappa shape index (κ1) is 14.9. The van der Waals surface area contributed by atoms with Crippen LogP contribution in [-0.2, 0) is 6.54 Å². The maximum atomic E-state index is 6.10. The fourth-order valence-electron chi connectivity index (χ4n) is 1.72. The van der Waals surface area contributed by atoms with Gasteiger partial charge in [-0.1, -0.05) is 17.7 Å². The Kier molecular flexibility index (Phi) is 5.09. The van der Waals surface area contributed by atoms with Crippen LogP contribution in [0.4, 0.5) is 5.82 Å². The van der Waals surface area contributed by atoms with Crippen molar-refractivity contribution in [2.24, 2.45) is 0 Å². The van der Waals surface area contributed by atoms with Gasteiger partial charge in [-0.2, -0.15) is 0 Å². The lowest BCUT2D eigenvalue weighted by molar-refractivity contribution is 0.354. The first-order valence-corrected chi connectivity index (χ1v) is 7.07. The van der Waals surface area contributed by atoms with Crippen LogP contribution < -0.4 is 14.8 Å². The molecule has 0 aliphatic rings. The van der Waals surface area contributed by atoms with E-state index in [2.05, 4.69) is 26.2 Å². The standard InChI is InChI=1S/C14H14BrClN2O2/c1-19-12-4-3-9(5-13(12)20-2)7-17-14-11(16)6-10(15)8-18-14/h3-6,8H,7H2,1-2H3,(H,17,18). The molecule has 0 spiro atoms. The minimum absolute atomic E-state index is 0.569. The highest BCUT2D eigenvalue weighted by Gasteiger charge is 2.06. The van der Waals surface area contributed by atoms with Gasteiger partial charge in [0, 0.05) is 17.2 Å². The molecule has 2 aromatic rings. The molecule has 0 fully saturated rings. The van der Waals surface area contributed by atoms with Crippen LogP contribution in [0.2, 0.25) is 5.02 Å². The molecule has 0 saturated carbocycles. The molecule has 1 heterocycles. The summed E-state index contributed by atoms with van der Waals surface area (Å²) in [7, 11) is 3.23. The van der Waals surface area contributed by atoms with Crippen molar-refractivity contribution in [1.29, 1.82) is 0 Å². The highest BCUT2D eigenvalue weighted by Crippen LogP contribution is 2.28. The number of methoxy groups -OCH3 is 2. The monoisotopic (exact) mass is 356 g/mol. The van der Waals surface area contributed by atoms with Gasteiger partial charge in [-0.25, -0.2) is 4.98 Å². The second-order valence-electron chi connectivity index (χ2n) is 4.03. The Bertz CT molecular complexity index is 608. The lowest BCUT2D eigenvalue weighted by atomic mass is 10.2. The second kappa shape index (κ2) is 6.81. The fourth-order valence-corrected chi connectivity index (χ4v) is 2.42.